The Balaban J connectivity index is 2.27. The topological polar surface area (TPSA) is 46.2 Å². The number of ether oxygens (including phenoxy) is 1. The fourth-order valence-corrected chi connectivity index (χ4v) is 2.61. The zero-order chi connectivity index (χ0) is 13.8. The monoisotopic (exact) mass is 277 g/mol. The fourth-order valence-electron chi connectivity index (χ4n) is 1.76. The van der Waals surface area contributed by atoms with Crippen LogP contribution in [0.3, 0.4) is 0 Å². The average Bonchev–Trinajstić information content (AvgIpc) is 2.78. The lowest BCUT2D eigenvalue weighted by atomic mass is 10.2. The van der Waals surface area contributed by atoms with E-state index in [9.17, 15) is 5.11 Å². The van der Waals surface area contributed by atoms with Crippen LogP contribution in [0.2, 0.25) is 0 Å². The number of aryl methyl sites for hydroxylation is 2. The van der Waals surface area contributed by atoms with Crippen LogP contribution in [0.5, 0.6) is 11.5 Å². The Morgan fingerprint density at radius 2 is 2.21 bits per heavy atom. The van der Waals surface area contributed by atoms with Crippen LogP contribution in [0.15, 0.2) is 18.2 Å². The SMILES string of the molecule is CC[n+]1nc(C)sc1C=Cc1ccc(O)c(OC)c1. The van der Waals surface area contributed by atoms with Gasteiger partial charge >= 0.3 is 0 Å². The molecule has 0 unspecified atom stereocenters. The van der Waals surface area contributed by atoms with Crippen molar-refractivity contribution in [2.75, 3.05) is 7.11 Å². The van der Waals surface area contributed by atoms with E-state index in [2.05, 4.69) is 12.0 Å². The number of hydrogen-bond donors (Lipinski definition) is 1. The van der Waals surface area contributed by atoms with Gasteiger partial charge in [0.25, 0.3) is 5.01 Å². The lowest BCUT2D eigenvalue weighted by molar-refractivity contribution is -0.747. The van der Waals surface area contributed by atoms with Crippen molar-refractivity contribution < 1.29 is 14.5 Å². The summed E-state index contributed by atoms with van der Waals surface area (Å²) in [5, 5.41) is 16.1. The number of aromatic nitrogens is 2. The minimum atomic E-state index is 0.150. The first kappa shape index (κ1) is 13.5. The molecule has 1 N–H and O–H groups in total. The fraction of sp³-hybridized carbons (Fsp3) is 0.286. The van der Waals surface area contributed by atoms with Gasteiger partial charge in [0, 0.05) is 11.2 Å². The average molecular weight is 277 g/mol. The molecule has 0 spiro atoms. The summed E-state index contributed by atoms with van der Waals surface area (Å²) >= 11 is 1.66. The molecule has 0 fully saturated rings. The van der Waals surface area contributed by atoms with Crippen LogP contribution in [0.4, 0.5) is 0 Å². The van der Waals surface area contributed by atoms with Crippen molar-refractivity contribution in [2.45, 2.75) is 20.4 Å². The number of phenolic OH excluding ortho intramolecular Hbond substituents is 1. The van der Waals surface area contributed by atoms with Crippen molar-refractivity contribution in [2.24, 2.45) is 0 Å². The molecule has 0 atom stereocenters. The van der Waals surface area contributed by atoms with E-state index in [0.29, 0.717) is 5.75 Å². The normalized spacial score (nSPS) is 11.1. The van der Waals surface area contributed by atoms with E-state index < -0.39 is 0 Å². The summed E-state index contributed by atoms with van der Waals surface area (Å²) in [4.78, 5) is 0. The standard InChI is InChI=1S/C14H16N2O2S/c1-4-16-14(19-10(2)15-16)8-6-11-5-7-12(17)13(9-11)18-3/h5-9H,4H2,1-3H3/p+1. The molecule has 0 saturated carbocycles. The van der Waals surface area contributed by atoms with Gasteiger partial charge < -0.3 is 9.84 Å². The zero-order valence-electron chi connectivity index (χ0n) is 11.3. The van der Waals surface area contributed by atoms with Gasteiger partial charge in [-0.2, -0.15) is 0 Å². The first-order chi connectivity index (χ1) is 9.13. The number of aromatic hydroxyl groups is 1. The Hall–Kier alpha value is -1.88. The summed E-state index contributed by atoms with van der Waals surface area (Å²) in [5.74, 6) is 0.628. The van der Waals surface area contributed by atoms with Crippen LogP contribution >= 0.6 is 11.3 Å². The molecule has 1 aromatic heterocycles. The second-order valence-corrected chi connectivity index (χ2v) is 5.25. The quantitative estimate of drug-likeness (QED) is 0.874. The van der Waals surface area contributed by atoms with Crippen LogP contribution in [0, 0.1) is 6.92 Å². The Morgan fingerprint density at radius 3 is 2.89 bits per heavy atom. The van der Waals surface area contributed by atoms with Crippen molar-refractivity contribution in [3.63, 3.8) is 0 Å². The number of benzene rings is 1. The molecule has 0 aliphatic rings. The molecule has 0 saturated heterocycles. The van der Waals surface area contributed by atoms with Gasteiger partial charge in [-0.15, -0.1) is 0 Å². The van der Waals surface area contributed by atoms with Gasteiger partial charge in [0.15, 0.2) is 23.1 Å². The molecule has 19 heavy (non-hydrogen) atoms. The van der Waals surface area contributed by atoms with E-state index in [1.807, 2.05) is 29.8 Å². The molecule has 1 heterocycles. The third-order valence-electron chi connectivity index (χ3n) is 2.69. The molecule has 4 nitrogen and oxygen atoms in total. The van der Waals surface area contributed by atoms with Gasteiger partial charge in [0.1, 0.15) is 0 Å². The van der Waals surface area contributed by atoms with Crippen LogP contribution in [-0.2, 0) is 6.54 Å². The van der Waals surface area contributed by atoms with Crippen LogP contribution < -0.4 is 9.42 Å². The third kappa shape index (κ3) is 3.12. The molecule has 0 aliphatic heterocycles. The molecule has 5 heteroatoms. The molecule has 100 valence electrons. The van der Waals surface area contributed by atoms with Crippen LogP contribution in [0.1, 0.15) is 22.5 Å². The highest BCUT2D eigenvalue weighted by Crippen LogP contribution is 2.27. The lowest BCUT2D eigenvalue weighted by Crippen LogP contribution is -2.36. The summed E-state index contributed by atoms with van der Waals surface area (Å²) in [6, 6.07) is 5.28. The molecule has 2 aromatic rings. The highest BCUT2D eigenvalue weighted by molar-refractivity contribution is 7.11. The van der Waals surface area contributed by atoms with Gasteiger partial charge in [0.2, 0.25) is 0 Å². The predicted octanol–water partition coefficient (Wildman–Crippen LogP) is 2.64. The summed E-state index contributed by atoms with van der Waals surface area (Å²) < 4.78 is 7.05. The van der Waals surface area contributed by atoms with Crippen LogP contribution in [-0.4, -0.2) is 17.3 Å². The van der Waals surface area contributed by atoms with Gasteiger partial charge in [-0.25, -0.2) is 0 Å². The maximum absolute atomic E-state index is 9.54. The maximum atomic E-state index is 9.54. The van der Waals surface area contributed by atoms with Gasteiger partial charge in [-0.3, -0.25) is 0 Å². The lowest BCUT2D eigenvalue weighted by Gasteiger charge is -2.03. The molecule has 0 radical (unpaired) electrons. The van der Waals surface area contributed by atoms with Crippen molar-refractivity contribution >= 4 is 23.5 Å². The minimum Gasteiger partial charge on any atom is -0.504 e. The number of rotatable bonds is 4. The Kier molecular flexibility index (Phi) is 4.16. The Bertz CT molecular complexity index is 605. The predicted molar refractivity (Wildman–Crippen MR) is 76.3 cm³/mol. The minimum absolute atomic E-state index is 0.150. The second kappa shape index (κ2) is 5.84. The number of hydrogen-bond acceptors (Lipinski definition) is 4. The first-order valence-electron chi connectivity index (χ1n) is 6.06. The summed E-state index contributed by atoms with van der Waals surface area (Å²) in [7, 11) is 1.54. The molecule has 0 aliphatic carbocycles. The molecule has 2 rings (SSSR count). The molecule has 0 bridgehead atoms. The second-order valence-electron chi connectivity index (χ2n) is 4.04. The summed E-state index contributed by atoms with van der Waals surface area (Å²) in [5.41, 5.74) is 0.975. The van der Waals surface area contributed by atoms with E-state index in [1.165, 1.54) is 0 Å². The van der Waals surface area contributed by atoms with Crippen molar-refractivity contribution in [1.82, 2.24) is 5.10 Å². The molecular weight excluding hydrogens is 260 g/mol. The number of methoxy groups -OCH3 is 1. The third-order valence-corrected chi connectivity index (χ3v) is 3.62. The van der Waals surface area contributed by atoms with E-state index in [4.69, 9.17) is 4.74 Å². The molecule has 0 amide bonds. The smallest absolute Gasteiger partial charge is 0.289 e. The zero-order valence-corrected chi connectivity index (χ0v) is 12.1. The highest BCUT2D eigenvalue weighted by Gasteiger charge is 2.12. The van der Waals surface area contributed by atoms with E-state index in [0.717, 1.165) is 22.1 Å². The Morgan fingerprint density at radius 1 is 1.42 bits per heavy atom. The van der Waals surface area contributed by atoms with Gasteiger partial charge in [0.05, 0.1) is 7.11 Å². The first-order valence-corrected chi connectivity index (χ1v) is 6.88. The van der Waals surface area contributed by atoms with E-state index in [-0.39, 0.29) is 5.75 Å². The highest BCUT2D eigenvalue weighted by atomic mass is 32.1. The number of nitrogens with zero attached hydrogens (tertiary/aromatic N) is 2. The van der Waals surface area contributed by atoms with Crippen molar-refractivity contribution in [3.8, 4) is 11.5 Å². The summed E-state index contributed by atoms with van der Waals surface area (Å²) in [6.45, 7) is 4.92. The van der Waals surface area contributed by atoms with Crippen LogP contribution in [0.25, 0.3) is 12.2 Å². The Labute approximate surface area is 116 Å². The van der Waals surface area contributed by atoms with Gasteiger partial charge in [-0.05, 0) is 49.0 Å². The van der Waals surface area contributed by atoms with Crippen molar-refractivity contribution in [1.29, 1.82) is 0 Å². The summed E-state index contributed by atoms with van der Waals surface area (Å²) in [6.07, 6.45) is 4.01. The van der Waals surface area contributed by atoms with E-state index >= 15 is 0 Å². The van der Waals surface area contributed by atoms with E-state index in [1.54, 1.807) is 30.6 Å². The van der Waals surface area contributed by atoms with Crippen molar-refractivity contribution in [3.05, 3.63) is 33.8 Å². The van der Waals surface area contributed by atoms with Gasteiger partial charge in [-0.1, -0.05) is 10.7 Å². The molecule has 1 aromatic carbocycles. The number of phenols is 1. The maximum Gasteiger partial charge on any atom is 0.289 e. The largest absolute Gasteiger partial charge is 0.504 e. The molecular formula is C14H17N2O2S+.